The van der Waals surface area contributed by atoms with Gasteiger partial charge in [-0.1, -0.05) is 6.07 Å². The standard InChI is InChI=1S/C7H5BF3NO4/c9-7(10,11)5-3-4(8(13)14)1-2-6(5)12(15)16/h1-3,13-14H. The smallest absolute Gasteiger partial charge is 0.423 e. The number of alkyl halides is 3. The fraction of sp³-hybridized carbons (Fsp3) is 0.143. The highest BCUT2D eigenvalue weighted by molar-refractivity contribution is 6.58. The maximum atomic E-state index is 12.4. The van der Waals surface area contributed by atoms with Crippen molar-refractivity contribution in [1.82, 2.24) is 0 Å². The van der Waals surface area contributed by atoms with Crippen LogP contribution in [0, 0.1) is 10.1 Å². The van der Waals surface area contributed by atoms with E-state index in [-0.39, 0.29) is 0 Å². The normalized spacial score (nSPS) is 11.3. The molecule has 1 rings (SSSR count). The summed E-state index contributed by atoms with van der Waals surface area (Å²) < 4.78 is 37.2. The molecule has 0 aromatic heterocycles. The predicted octanol–water partition coefficient (Wildman–Crippen LogP) is 0.293. The van der Waals surface area contributed by atoms with Crippen LogP contribution in [0.15, 0.2) is 18.2 Å². The van der Waals surface area contributed by atoms with E-state index < -0.39 is 34.9 Å². The molecule has 0 atom stereocenters. The van der Waals surface area contributed by atoms with Crippen molar-refractivity contribution in [3.8, 4) is 0 Å². The minimum absolute atomic E-state index is 0.336. The first-order valence-corrected chi connectivity index (χ1v) is 3.95. The van der Waals surface area contributed by atoms with Crippen LogP contribution in [0.3, 0.4) is 0 Å². The monoisotopic (exact) mass is 235 g/mol. The summed E-state index contributed by atoms with van der Waals surface area (Å²) in [5.41, 5.74) is -3.10. The van der Waals surface area contributed by atoms with Crippen LogP contribution < -0.4 is 5.46 Å². The van der Waals surface area contributed by atoms with Crippen LogP contribution in [0.4, 0.5) is 18.9 Å². The molecule has 0 saturated carbocycles. The Bertz CT molecular complexity index is 421. The van der Waals surface area contributed by atoms with Crippen molar-refractivity contribution in [1.29, 1.82) is 0 Å². The molecule has 2 N–H and O–H groups in total. The minimum atomic E-state index is -4.92. The SMILES string of the molecule is O=[N+]([O-])c1ccc(B(O)O)cc1C(F)(F)F. The molecule has 16 heavy (non-hydrogen) atoms. The number of rotatable bonds is 2. The van der Waals surface area contributed by atoms with E-state index in [9.17, 15) is 23.3 Å². The summed E-state index contributed by atoms with van der Waals surface area (Å²) >= 11 is 0. The summed E-state index contributed by atoms with van der Waals surface area (Å²) in [6.07, 6.45) is -4.92. The lowest BCUT2D eigenvalue weighted by molar-refractivity contribution is -0.388. The molecule has 5 nitrogen and oxygen atoms in total. The summed E-state index contributed by atoms with van der Waals surface area (Å²) in [4.78, 5) is 9.15. The lowest BCUT2D eigenvalue weighted by Crippen LogP contribution is -2.31. The highest BCUT2D eigenvalue weighted by atomic mass is 19.4. The minimum Gasteiger partial charge on any atom is -0.423 e. The van der Waals surface area contributed by atoms with Gasteiger partial charge >= 0.3 is 13.3 Å². The van der Waals surface area contributed by atoms with Crippen LogP contribution >= 0.6 is 0 Å². The second kappa shape index (κ2) is 4.10. The second-order valence-electron chi connectivity index (χ2n) is 2.91. The third kappa shape index (κ3) is 2.50. The Labute approximate surface area is 87.4 Å². The van der Waals surface area contributed by atoms with Crippen LogP contribution in [0.2, 0.25) is 0 Å². The van der Waals surface area contributed by atoms with Crippen molar-refractivity contribution in [2.75, 3.05) is 0 Å². The zero-order valence-corrected chi connectivity index (χ0v) is 7.60. The molecule has 9 heteroatoms. The number of hydrogen-bond donors (Lipinski definition) is 2. The molecule has 0 radical (unpaired) electrons. The maximum absolute atomic E-state index is 12.4. The van der Waals surface area contributed by atoms with Gasteiger partial charge in [-0.25, -0.2) is 0 Å². The van der Waals surface area contributed by atoms with E-state index in [0.29, 0.717) is 12.1 Å². The Morgan fingerprint density at radius 3 is 2.25 bits per heavy atom. The van der Waals surface area contributed by atoms with E-state index in [1.165, 1.54) is 0 Å². The third-order valence-corrected chi connectivity index (χ3v) is 1.82. The maximum Gasteiger partial charge on any atom is 0.488 e. The highest BCUT2D eigenvalue weighted by Crippen LogP contribution is 2.35. The molecule has 0 bridgehead atoms. The molecular formula is C7H5BF3NO4. The fourth-order valence-electron chi connectivity index (χ4n) is 1.10. The Kier molecular flexibility index (Phi) is 3.20. The first-order valence-electron chi connectivity index (χ1n) is 3.95. The van der Waals surface area contributed by atoms with Gasteiger partial charge in [-0.2, -0.15) is 13.2 Å². The summed E-state index contributed by atoms with van der Waals surface area (Å²) in [7, 11) is -2.11. The summed E-state index contributed by atoms with van der Waals surface area (Å²) in [5.74, 6) is 0. The summed E-state index contributed by atoms with van der Waals surface area (Å²) in [6, 6.07) is 1.76. The largest absolute Gasteiger partial charge is 0.488 e. The molecule has 0 amide bonds. The molecular weight excluding hydrogens is 230 g/mol. The molecule has 0 heterocycles. The van der Waals surface area contributed by atoms with Crippen LogP contribution in [0.25, 0.3) is 0 Å². The first-order chi connectivity index (χ1) is 7.23. The van der Waals surface area contributed by atoms with E-state index >= 15 is 0 Å². The number of benzene rings is 1. The van der Waals surface area contributed by atoms with Crippen molar-refractivity contribution in [2.45, 2.75) is 6.18 Å². The van der Waals surface area contributed by atoms with Gasteiger partial charge in [0.15, 0.2) is 0 Å². The zero-order chi connectivity index (χ0) is 12.5. The van der Waals surface area contributed by atoms with E-state index in [0.717, 1.165) is 6.07 Å². The van der Waals surface area contributed by atoms with Gasteiger partial charge in [0.05, 0.1) is 4.92 Å². The number of nitrogens with zero attached hydrogens (tertiary/aromatic N) is 1. The van der Waals surface area contributed by atoms with Crippen LogP contribution in [-0.2, 0) is 6.18 Å². The topological polar surface area (TPSA) is 83.6 Å². The predicted molar refractivity (Wildman–Crippen MR) is 47.9 cm³/mol. The van der Waals surface area contributed by atoms with Crippen LogP contribution in [-0.4, -0.2) is 22.1 Å². The number of nitro groups is 1. The Morgan fingerprint density at radius 1 is 1.31 bits per heavy atom. The van der Waals surface area contributed by atoms with Gasteiger partial charge in [0.2, 0.25) is 0 Å². The Balaban J connectivity index is 3.39. The molecule has 0 fully saturated rings. The van der Waals surface area contributed by atoms with Crippen LogP contribution in [0.5, 0.6) is 0 Å². The van der Waals surface area contributed by atoms with Gasteiger partial charge in [0.1, 0.15) is 5.56 Å². The van der Waals surface area contributed by atoms with Crippen molar-refractivity contribution in [3.05, 3.63) is 33.9 Å². The molecule has 1 aromatic carbocycles. The van der Waals surface area contributed by atoms with Crippen LogP contribution in [0.1, 0.15) is 5.56 Å². The molecule has 0 aliphatic carbocycles. The lowest BCUT2D eigenvalue weighted by Gasteiger charge is -2.08. The zero-order valence-electron chi connectivity index (χ0n) is 7.60. The summed E-state index contributed by atoms with van der Waals surface area (Å²) in [6.45, 7) is 0. The van der Waals surface area contributed by atoms with Gasteiger partial charge < -0.3 is 10.0 Å². The van der Waals surface area contributed by atoms with E-state index in [1.807, 2.05) is 0 Å². The third-order valence-electron chi connectivity index (χ3n) is 1.82. The molecule has 0 aliphatic rings. The van der Waals surface area contributed by atoms with E-state index in [4.69, 9.17) is 10.0 Å². The number of halogens is 3. The van der Waals surface area contributed by atoms with Gasteiger partial charge in [-0.15, -0.1) is 0 Å². The highest BCUT2D eigenvalue weighted by Gasteiger charge is 2.39. The van der Waals surface area contributed by atoms with Crippen molar-refractivity contribution < 1.29 is 28.1 Å². The molecule has 0 aliphatic heterocycles. The lowest BCUT2D eigenvalue weighted by atomic mass is 9.79. The first kappa shape index (κ1) is 12.5. The van der Waals surface area contributed by atoms with Crippen molar-refractivity contribution >= 4 is 18.3 Å². The summed E-state index contributed by atoms with van der Waals surface area (Å²) in [5, 5.41) is 27.7. The molecule has 0 saturated heterocycles. The van der Waals surface area contributed by atoms with E-state index in [2.05, 4.69) is 0 Å². The van der Waals surface area contributed by atoms with Crippen molar-refractivity contribution in [2.24, 2.45) is 0 Å². The second-order valence-corrected chi connectivity index (χ2v) is 2.91. The average Bonchev–Trinajstić information content (AvgIpc) is 2.15. The fourth-order valence-corrected chi connectivity index (χ4v) is 1.10. The number of hydrogen-bond acceptors (Lipinski definition) is 4. The number of nitro benzene ring substituents is 1. The molecule has 0 spiro atoms. The molecule has 86 valence electrons. The molecule has 1 aromatic rings. The van der Waals surface area contributed by atoms with Gasteiger partial charge in [0, 0.05) is 6.07 Å². The van der Waals surface area contributed by atoms with Crippen molar-refractivity contribution in [3.63, 3.8) is 0 Å². The van der Waals surface area contributed by atoms with Gasteiger partial charge in [-0.05, 0) is 11.5 Å². The average molecular weight is 235 g/mol. The van der Waals surface area contributed by atoms with E-state index in [1.54, 1.807) is 0 Å². The quantitative estimate of drug-likeness (QED) is 0.438. The Morgan fingerprint density at radius 2 is 1.88 bits per heavy atom. The van der Waals surface area contributed by atoms with Gasteiger partial charge in [-0.3, -0.25) is 10.1 Å². The Hall–Kier alpha value is -1.61. The molecule has 0 unspecified atom stereocenters. The van der Waals surface area contributed by atoms with Gasteiger partial charge in [0.25, 0.3) is 5.69 Å².